The van der Waals surface area contributed by atoms with E-state index < -0.39 is 37.1 Å². The smallest absolute Gasteiger partial charge is 0.356 e. The van der Waals surface area contributed by atoms with E-state index in [0.29, 0.717) is 26.1 Å². The SMILES string of the molecule is CCCc1cccc(C(=S)[S-])n1.CCc1cccc(C(=S)[S-])n1.CCc1cncc(C(=O)O)n1.Cc1cc(CF)nc(C(=O)O)c1.O=C([S-])c1cccc(CF)n1.OC(=S)c1cccc(CF)n1.[Ir].[Ir].[Ir].[Ir].[Ir].[Rh]. The fraction of sp³-hybridized carbons (Fsp3) is 0.239. The molecular weight excluding hydrogens is 2060 g/mol. The van der Waals surface area contributed by atoms with Crippen LogP contribution in [-0.2, 0) is 197 Å². The molecule has 6 heterocycles. The maximum absolute atomic E-state index is 12.1. The topological polar surface area (TPSA) is 202 Å². The third-order valence-corrected chi connectivity index (χ3v) is 9.12. The van der Waals surface area contributed by atoms with Crippen LogP contribution in [0.3, 0.4) is 0 Å². The maximum Gasteiger partial charge on any atom is 0.356 e. The second kappa shape index (κ2) is 48.0. The molecule has 6 aromatic rings. The molecule has 6 aromatic heterocycles. The Morgan fingerprint density at radius 1 is 0.500 bits per heavy atom. The number of nitrogens with zero attached hydrogens (tertiary/aromatic N) is 7. The van der Waals surface area contributed by atoms with Crippen LogP contribution in [0.2, 0.25) is 0 Å². The quantitative estimate of drug-likeness (QED) is 0.0560. The number of carbonyl (C=O) groups excluding carboxylic acids is 1. The molecule has 414 valence electrons. The molecule has 0 saturated carbocycles. The van der Waals surface area contributed by atoms with Crippen molar-refractivity contribution >= 4 is 105 Å². The molecular formula is C46H45F3Ir5N7O6RhS6-3. The second-order valence-corrected chi connectivity index (χ2v) is 16.0. The summed E-state index contributed by atoms with van der Waals surface area (Å²) in [4.78, 5) is 58.4. The van der Waals surface area contributed by atoms with Crippen molar-refractivity contribution < 1.29 is 163 Å². The molecule has 3 N–H and O–H groups in total. The van der Waals surface area contributed by atoms with Gasteiger partial charge in [-0.3, -0.25) is 15.0 Å². The van der Waals surface area contributed by atoms with E-state index in [4.69, 9.17) is 65.0 Å². The van der Waals surface area contributed by atoms with E-state index in [1.807, 2.05) is 43.3 Å². The summed E-state index contributed by atoms with van der Waals surface area (Å²) in [6.45, 7) is 5.73. The van der Waals surface area contributed by atoms with Gasteiger partial charge in [0.2, 0.25) is 5.05 Å². The first-order chi connectivity index (χ1) is 32.3. The third kappa shape index (κ3) is 35.3. The van der Waals surface area contributed by atoms with Gasteiger partial charge in [-0.05, 0) is 105 Å². The Balaban J connectivity index is -0.000000185. The van der Waals surface area contributed by atoms with E-state index in [-0.39, 0.29) is 165 Å². The molecule has 13 nitrogen and oxygen atoms in total. The van der Waals surface area contributed by atoms with E-state index >= 15 is 0 Å². The summed E-state index contributed by atoms with van der Waals surface area (Å²) in [6, 6.07) is 23.7. The van der Waals surface area contributed by atoms with Crippen molar-refractivity contribution in [3.05, 3.63) is 171 Å². The predicted molar refractivity (Wildman–Crippen MR) is 273 cm³/mol. The Morgan fingerprint density at radius 3 is 1.28 bits per heavy atom. The van der Waals surface area contributed by atoms with Gasteiger partial charge in [-0.2, -0.15) is 0 Å². The molecule has 6 radical (unpaired) electrons. The Labute approximate surface area is 541 Å². The van der Waals surface area contributed by atoms with Gasteiger partial charge in [0, 0.05) is 138 Å². The number of aliphatic hydroxyl groups excluding tert-OH is 1. The van der Waals surface area contributed by atoms with Crippen molar-refractivity contribution in [3.8, 4) is 0 Å². The van der Waals surface area contributed by atoms with Gasteiger partial charge in [0.15, 0.2) is 5.69 Å². The minimum atomic E-state index is -1.13. The van der Waals surface area contributed by atoms with E-state index in [9.17, 15) is 27.6 Å². The number of halogens is 3. The van der Waals surface area contributed by atoms with Gasteiger partial charge in [0.25, 0.3) is 0 Å². The summed E-state index contributed by atoms with van der Waals surface area (Å²) in [6.07, 6.45) is 6.51. The van der Waals surface area contributed by atoms with Crippen molar-refractivity contribution in [2.24, 2.45) is 0 Å². The Kier molecular flexibility index (Phi) is 53.9. The molecule has 0 aliphatic heterocycles. The van der Waals surface area contributed by atoms with Crippen LogP contribution in [-0.4, -0.2) is 80.7 Å². The fourth-order valence-electron chi connectivity index (χ4n) is 4.72. The first-order valence-electron chi connectivity index (χ1n) is 20.0. The number of carbonyl (C=O) groups is 3. The fourth-order valence-corrected chi connectivity index (χ4v) is 5.40. The van der Waals surface area contributed by atoms with E-state index in [2.05, 4.69) is 73.6 Å². The van der Waals surface area contributed by atoms with Crippen LogP contribution < -0.4 is 0 Å². The van der Waals surface area contributed by atoms with Crippen LogP contribution in [0.4, 0.5) is 13.2 Å². The first-order valence-corrected chi connectivity index (χ1v) is 22.4. The number of alkyl halides is 3. The maximum atomic E-state index is 12.1. The van der Waals surface area contributed by atoms with Crippen LogP contribution in [0.15, 0.2) is 97.3 Å². The third-order valence-electron chi connectivity index (χ3n) is 7.86. The van der Waals surface area contributed by atoms with Gasteiger partial charge in [0.1, 0.15) is 31.4 Å². The molecule has 0 aliphatic carbocycles. The molecule has 0 spiro atoms. The minimum absolute atomic E-state index is 0. The summed E-state index contributed by atoms with van der Waals surface area (Å²) in [5, 5.41) is 25.0. The average molecular weight is 2110 g/mol. The number of aryl methyl sites for hydroxylation is 4. The summed E-state index contributed by atoms with van der Waals surface area (Å²) >= 11 is 28.1. The summed E-state index contributed by atoms with van der Waals surface area (Å²) in [5.74, 6) is -2.17. The second-order valence-electron chi connectivity index (χ2n) is 13.1. The Bertz CT molecular complexity index is 2420. The Morgan fingerprint density at radius 2 is 0.878 bits per heavy atom. The molecule has 0 bridgehead atoms. The van der Waals surface area contributed by atoms with Crippen LogP contribution >= 0.6 is 36.7 Å². The molecule has 6 rings (SSSR count). The molecule has 0 unspecified atom stereocenters. The monoisotopic (exact) mass is 2110 g/mol. The summed E-state index contributed by atoms with van der Waals surface area (Å²) in [5.41, 5.74) is 5.96. The zero-order valence-electron chi connectivity index (χ0n) is 39.0. The number of aliphatic hydroxyl groups is 1. The molecule has 28 heteroatoms. The molecule has 74 heavy (non-hydrogen) atoms. The van der Waals surface area contributed by atoms with Crippen molar-refractivity contribution in [1.29, 1.82) is 0 Å². The molecule has 0 amide bonds. The van der Waals surface area contributed by atoms with E-state index in [1.165, 1.54) is 42.6 Å². The van der Waals surface area contributed by atoms with Gasteiger partial charge in [-0.1, -0.05) is 51.5 Å². The van der Waals surface area contributed by atoms with Crippen molar-refractivity contribution in [3.63, 3.8) is 0 Å². The number of pyridine rings is 5. The standard InChI is InChI=1S/C9H11NS2.C8H8FNO2.C8H9NS2.2C7H6FNOS.C7H8N2O2.5Ir.Rh/c1-2-4-7-5-3-6-8(10-7)9(11)12;1-5-2-6(4-9)10-7(3-5)8(11)12;1-2-6-4-3-5-7(9-6)8(10)11;2*8-4-5-2-1-3-6(9-5)7(10)11;1-2-5-3-8-4-6(9-5)7(10)11;;;;;;/h3,5-6H,2,4H2,1H3,(H,11,12);2-3H,4H2,1H3,(H,11,12);3-5H,2H2,1H3,(H,10,11);2*1-3H,4H2,(H,10,11);3-4H,2H2,1H3,(H,10,11);;;;;;/p-3. The number of hydrogen-bond donors (Lipinski definition) is 3. The summed E-state index contributed by atoms with van der Waals surface area (Å²) in [7, 11) is 0. The molecule has 0 aliphatic rings. The van der Waals surface area contributed by atoms with Crippen LogP contribution in [0.5, 0.6) is 0 Å². The number of aromatic carboxylic acids is 2. The number of carboxylic acids is 2. The van der Waals surface area contributed by atoms with E-state index in [0.717, 1.165) is 42.0 Å². The van der Waals surface area contributed by atoms with Crippen LogP contribution in [0.25, 0.3) is 0 Å². The molecule has 0 saturated heterocycles. The van der Waals surface area contributed by atoms with E-state index in [1.54, 1.807) is 25.3 Å². The minimum Gasteiger partial charge on any atom is -0.735 e. The van der Waals surface area contributed by atoms with Gasteiger partial charge < -0.3 is 82.4 Å². The zero-order valence-corrected chi connectivity index (χ0v) is 57.5. The van der Waals surface area contributed by atoms with Gasteiger partial charge in [0.05, 0.1) is 51.2 Å². The molecule has 0 atom stereocenters. The largest absolute Gasteiger partial charge is 0.735 e. The molecule has 0 aromatic carbocycles. The zero-order chi connectivity index (χ0) is 51.2. The van der Waals surface area contributed by atoms with Crippen molar-refractivity contribution in [2.75, 3.05) is 0 Å². The first kappa shape index (κ1) is 83.2. The Hall–Kier alpha value is -2.17. The molecule has 0 fully saturated rings. The van der Waals surface area contributed by atoms with Gasteiger partial charge in [-0.25, -0.2) is 42.7 Å². The number of aromatic nitrogens is 7. The summed E-state index contributed by atoms with van der Waals surface area (Å²) < 4.78 is 36.9. The van der Waals surface area contributed by atoms with Gasteiger partial charge in [-0.15, -0.1) is 8.39 Å². The predicted octanol–water partition coefficient (Wildman–Crippen LogP) is 9.43. The van der Waals surface area contributed by atoms with Crippen LogP contribution in [0, 0.1) is 6.92 Å². The van der Waals surface area contributed by atoms with Crippen molar-refractivity contribution in [2.45, 2.75) is 73.4 Å². The number of hydrogen-bond acceptors (Lipinski definition) is 16. The number of rotatable bonds is 13. The average Bonchev–Trinajstić information content (AvgIpc) is 3.34. The van der Waals surface area contributed by atoms with Crippen LogP contribution in [0.1, 0.15) is 115 Å². The normalized spacial score (nSPS) is 8.85. The van der Waals surface area contributed by atoms with Crippen molar-refractivity contribution in [1.82, 2.24) is 34.9 Å². The number of carboxylic acid groups (broad SMARTS) is 2. The van der Waals surface area contributed by atoms with Gasteiger partial charge >= 0.3 is 11.9 Å². The number of thiocarbonyl (C=S) groups is 3.